The average Bonchev–Trinajstić information content (AvgIpc) is 2.64. The molecule has 0 aromatic heterocycles. The molecule has 1 saturated heterocycles. The van der Waals surface area contributed by atoms with Crippen molar-refractivity contribution in [2.24, 2.45) is 5.92 Å². The number of amides is 1. The number of hydrogen-bond acceptors (Lipinski definition) is 4. The van der Waals surface area contributed by atoms with Gasteiger partial charge in [0, 0.05) is 32.7 Å². The number of rotatable bonds is 8. The van der Waals surface area contributed by atoms with E-state index in [4.69, 9.17) is 4.74 Å². The number of carbonyl (C=O) groups is 1. The van der Waals surface area contributed by atoms with Crippen LogP contribution in [0, 0.1) is 12.8 Å². The van der Waals surface area contributed by atoms with Crippen molar-refractivity contribution in [2.75, 3.05) is 39.9 Å². The zero-order valence-corrected chi connectivity index (χ0v) is 16.4. The third kappa shape index (κ3) is 5.70. The number of sulfonamides is 1. The van der Waals surface area contributed by atoms with Crippen molar-refractivity contribution in [1.82, 2.24) is 9.21 Å². The topological polar surface area (TPSA) is 66.9 Å². The minimum Gasteiger partial charge on any atom is -0.383 e. The van der Waals surface area contributed by atoms with E-state index in [0.29, 0.717) is 12.8 Å². The van der Waals surface area contributed by atoms with Crippen LogP contribution in [0.2, 0.25) is 0 Å². The number of carbonyl (C=O) groups excluding carboxylic acids is 1. The van der Waals surface area contributed by atoms with Crippen molar-refractivity contribution < 1.29 is 26.7 Å². The van der Waals surface area contributed by atoms with Crippen LogP contribution in [-0.2, 0) is 19.6 Å². The summed E-state index contributed by atoms with van der Waals surface area (Å²) in [5.74, 6) is -0.815. The molecule has 2 rings (SSSR count). The molecule has 1 aliphatic heterocycles. The van der Waals surface area contributed by atoms with Gasteiger partial charge in [0.1, 0.15) is 0 Å². The summed E-state index contributed by atoms with van der Waals surface area (Å²) < 4.78 is 57.2. The maximum Gasteiger partial charge on any atom is 0.255 e. The van der Waals surface area contributed by atoms with Crippen LogP contribution in [0.5, 0.6) is 0 Å². The number of halogens is 2. The maximum absolute atomic E-state index is 12.8. The lowest BCUT2D eigenvalue weighted by Crippen LogP contribution is -2.46. The SMILES string of the molecule is COCCN(CC(F)F)C(=O)C1CCN(S(=O)(=O)c2ccc(C)cc2)CC1. The number of methoxy groups -OCH3 is 1. The Labute approximate surface area is 159 Å². The molecule has 1 fully saturated rings. The first-order chi connectivity index (χ1) is 12.8. The minimum absolute atomic E-state index is 0.0988. The Hall–Kier alpha value is -1.58. The van der Waals surface area contributed by atoms with Crippen molar-refractivity contribution >= 4 is 15.9 Å². The van der Waals surface area contributed by atoms with Crippen molar-refractivity contribution in [1.29, 1.82) is 0 Å². The molecule has 1 aromatic carbocycles. The van der Waals surface area contributed by atoms with Gasteiger partial charge >= 0.3 is 0 Å². The van der Waals surface area contributed by atoms with Crippen LogP contribution in [0.4, 0.5) is 8.78 Å². The van der Waals surface area contributed by atoms with Gasteiger partial charge in [0.25, 0.3) is 6.43 Å². The first-order valence-electron chi connectivity index (χ1n) is 8.88. The predicted molar refractivity (Wildman–Crippen MR) is 97.1 cm³/mol. The van der Waals surface area contributed by atoms with Gasteiger partial charge < -0.3 is 9.64 Å². The normalized spacial score (nSPS) is 16.6. The number of alkyl halides is 2. The van der Waals surface area contributed by atoms with Crippen LogP contribution in [0.25, 0.3) is 0 Å². The molecule has 1 heterocycles. The summed E-state index contributed by atoms with van der Waals surface area (Å²) in [6, 6.07) is 6.61. The van der Waals surface area contributed by atoms with Crippen molar-refractivity contribution in [3.63, 3.8) is 0 Å². The summed E-state index contributed by atoms with van der Waals surface area (Å²) in [5, 5.41) is 0. The third-order valence-corrected chi connectivity index (χ3v) is 6.61. The van der Waals surface area contributed by atoms with Crippen molar-refractivity contribution in [3.05, 3.63) is 29.8 Å². The molecule has 0 bridgehead atoms. The van der Waals surface area contributed by atoms with Gasteiger partial charge in [-0.15, -0.1) is 0 Å². The number of aryl methyl sites for hydroxylation is 1. The second kappa shape index (κ2) is 9.57. The molecule has 0 N–H and O–H groups in total. The summed E-state index contributed by atoms with van der Waals surface area (Å²) in [6.07, 6.45) is -1.99. The van der Waals surface area contributed by atoms with Gasteiger partial charge in [-0.1, -0.05) is 17.7 Å². The molecule has 27 heavy (non-hydrogen) atoms. The number of piperidine rings is 1. The Morgan fingerprint density at radius 3 is 2.37 bits per heavy atom. The van der Waals surface area contributed by atoms with Gasteiger partial charge in [-0.3, -0.25) is 4.79 Å². The standard InChI is InChI=1S/C18H26F2N2O4S/c1-14-3-5-16(6-4-14)27(24,25)22-9-7-15(8-10-22)18(23)21(11-12-26-2)13-17(19)20/h3-6,15,17H,7-13H2,1-2H3. The second-order valence-electron chi connectivity index (χ2n) is 6.66. The molecule has 0 spiro atoms. The highest BCUT2D eigenvalue weighted by Crippen LogP contribution is 2.25. The van der Waals surface area contributed by atoms with Gasteiger partial charge in [0.15, 0.2) is 0 Å². The largest absolute Gasteiger partial charge is 0.383 e. The summed E-state index contributed by atoms with van der Waals surface area (Å²) >= 11 is 0. The van der Waals surface area contributed by atoms with E-state index >= 15 is 0 Å². The lowest BCUT2D eigenvalue weighted by atomic mass is 9.96. The number of benzene rings is 1. The van der Waals surface area contributed by atoms with Crippen LogP contribution in [0.3, 0.4) is 0 Å². The quantitative estimate of drug-likeness (QED) is 0.666. The zero-order valence-electron chi connectivity index (χ0n) is 15.6. The van der Waals surface area contributed by atoms with Gasteiger partial charge in [-0.2, -0.15) is 4.31 Å². The Bertz CT molecular complexity index is 717. The van der Waals surface area contributed by atoms with E-state index in [-0.39, 0.29) is 37.0 Å². The smallest absolute Gasteiger partial charge is 0.255 e. The van der Waals surface area contributed by atoms with Crippen molar-refractivity contribution in [2.45, 2.75) is 31.1 Å². The van der Waals surface area contributed by atoms with Gasteiger partial charge in [0.2, 0.25) is 15.9 Å². The molecule has 0 saturated carbocycles. The molecule has 0 unspecified atom stereocenters. The molecule has 1 amide bonds. The van der Waals surface area contributed by atoms with Gasteiger partial charge in [-0.25, -0.2) is 17.2 Å². The van der Waals surface area contributed by atoms with Crippen LogP contribution in [0.1, 0.15) is 18.4 Å². The van der Waals surface area contributed by atoms with E-state index in [0.717, 1.165) is 10.5 Å². The maximum atomic E-state index is 12.8. The van der Waals surface area contributed by atoms with Gasteiger partial charge in [-0.05, 0) is 31.9 Å². The van der Waals surface area contributed by atoms with Crippen LogP contribution < -0.4 is 0 Å². The van der Waals surface area contributed by atoms with Crippen LogP contribution >= 0.6 is 0 Å². The molecule has 1 aromatic rings. The van der Waals surface area contributed by atoms with E-state index in [9.17, 15) is 22.0 Å². The van der Waals surface area contributed by atoms with Gasteiger partial charge in [0.05, 0.1) is 18.0 Å². The molecule has 0 radical (unpaired) electrons. The van der Waals surface area contributed by atoms with E-state index in [1.165, 1.54) is 11.4 Å². The second-order valence-corrected chi connectivity index (χ2v) is 8.60. The summed E-state index contributed by atoms with van der Waals surface area (Å²) in [4.78, 5) is 13.9. The van der Waals surface area contributed by atoms with Crippen LogP contribution in [0.15, 0.2) is 29.2 Å². The molecule has 0 aliphatic carbocycles. The fraction of sp³-hybridized carbons (Fsp3) is 0.611. The Kier molecular flexibility index (Phi) is 7.69. The molecular weight excluding hydrogens is 378 g/mol. The fourth-order valence-corrected chi connectivity index (χ4v) is 4.59. The zero-order chi connectivity index (χ0) is 20.0. The first-order valence-corrected chi connectivity index (χ1v) is 10.3. The molecule has 6 nitrogen and oxygen atoms in total. The highest BCUT2D eigenvalue weighted by atomic mass is 32.2. The lowest BCUT2D eigenvalue weighted by molar-refractivity contribution is -0.139. The highest BCUT2D eigenvalue weighted by Gasteiger charge is 2.34. The molecule has 1 aliphatic rings. The highest BCUT2D eigenvalue weighted by molar-refractivity contribution is 7.89. The Morgan fingerprint density at radius 1 is 1.26 bits per heavy atom. The van der Waals surface area contributed by atoms with Crippen LogP contribution in [-0.4, -0.2) is 69.9 Å². The number of ether oxygens (including phenoxy) is 1. The average molecular weight is 404 g/mol. The number of nitrogens with zero attached hydrogens (tertiary/aromatic N) is 2. The van der Waals surface area contributed by atoms with Crippen molar-refractivity contribution in [3.8, 4) is 0 Å². The van der Waals surface area contributed by atoms with E-state index in [1.54, 1.807) is 24.3 Å². The molecule has 152 valence electrons. The minimum atomic E-state index is -3.61. The third-order valence-electron chi connectivity index (χ3n) is 4.70. The monoisotopic (exact) mass is 404 g/mol. The Balaban J connectivity index is 2.00. The Morgan fingerprint density at radius 2 is 1.85 bits per heavy atom. The molecule has 9 heteroatoms. The molecule has 0 atom stereocenters. The van der Waals surface area contributed by atoms with E-state index < -0.39 is 28.9 Å². The van der Waals surface area contributed by atoms with E-state index in [2.05, 4.69) is 0 Å². The lowest BCUT2D eigenvalue weighted by Gasteiger charge is -2.33. The summed E-state index contributed by atoms with van der Waals surface area (Å²) in [6.45, 7) is 1.91. The summed E-state index contributed by atoms with van der Waals surface area (Å²) in [7, 11) is -2.17. The number of hydrogen-bond donors (Lipinski definition) is 0. The fourth-order valence-electron chi connectivity index (χ4n) is 3.12. The molecular formula is C18H26F2N2O4S. The first kappa shape index (κ1) is 21.7. The van der Waals surface area contributed by atoms with E-state index in [1.807, 2.05) is 6.92 Å². The predicted octanol–water partition coefficient (Wildman–Crippen LogP) is 2.14. The summed E-state index contributed by atoms with van der Waals surface area (Å²) in [5.41, 5.74) is 0.966.